The van der Waals surface area contributed by atoms with Gasteiger partial charge in [-0.3, -0.25) is 4.68 Å². The van der Waals surface area contributed by atoms with Gasteiger partial charge in [0.1, 0.15) is 0 Å². The average Bonchev–Trinajstić information content (AvgIpc) is 3.09. The fraction of sp³-hybridized carbons (Fsp3) is 0.500. The molecule has 0 radical (unpaired) electrons. The van der Waals surface area contributed by atoms with Crippen LogP contribution in [-0.2, 0) is 15.5 Å². The molecule has 0 spiro atoms. The van der Waals surface area contributed by atoms with Crippen LogP contribution >= 0.6 is 0 Å². The molecule has 2 heterocycles. The Morgan fingerprint density at radius 3 is 2.31 bits per heavy atom. The van der Waals surface area contributed by atoms with Crippen molar-refractivity contribution in [1.82, 2.24) is 9.78 Å². The van der Waals surface area contributed by atoms with E-state index in [1.807, 2.05) is 27.7 Å². The summed E-state index contributed by atoms with van der Waals surface area (Å²) in [6, 6.07) is 4.94. The molecule has 0 bridgehead atoms. The predicted octanol–water partition coefficient (Wildman–Crippen LogP) is 3.81. The van der Waals surface area contributed by atoms with Crippen LogP contribution in [0, 0.1) is 0 Å². The standard InChI is InChI=1S/C18H22BF3N2O2/c1-12(13-7-6-8-14(9-13)18(20,21)22)24-11-15(10-23-24)19-25-16(2,3)17(4,5)26-19/h6-12H,1-5H3/t12-/m1/s1. The number of benzene rings is 1. The molecule has 1 aromatic carbocycles. The van der Waals surface area contributed by atoms with E-state index in [4.69, 9.17) is 9.31 Å². The summed E-state index contributed by atoms with van der Waals surface area (Å²) in [7, 11) is -0.553. The maximum absolute atomic E-state index is 12.9. The molecule has 0 aliphatic carbocycles. The van der Waals surface area contributed by atoms with E-state index in [1.54, 1.807) is 30.1 Å². The van der Waals surface area contributed by atoms with Crippen LogP contribution < -0.4 is 5.46 Å². The average molecular weight is 366 g/mol. The van der Waals surface area contributed by atoms with E-state index in [1.165, 1.54) is 6.07 Å². The van der Waals surface area contributed by atoms with Crippen LogP contribution in [0.5, 0.6) is 0 Å². The molecule has 4 nitrogen and oxygen atoms in total. The van der Waals surface area contributed by atoms with Gasteiger partial charge in [-0.25, -0.2) is 0 Å². The Labute approximate surface area is 151 Å². The number of hydrogen-bond acceptors (Lipinski definition) is 3. The number of alkyl halides is 3. The molecule has 8 heteroatoms. The minimum Gasteiger partial charge on any atom is -0.399 e. The van der Waals surface area contributed by atoms with Crippen LogP contribution in [0.3, 0.4) is 0 Å². The molecule has 0 amide bonds. The molecule has 26 heavy (non-hydrogen) atoms. The maximum Gasteiger partial charge on any atom is 0.498 e. The normalized spacial score (nSPS) is 20.4. The van der Waals surface area contributed by atoms with Gasteiger partial charge in [-0.1, -0.05) is 12.1 Å². The van der Waals surface area contributed by atoms with Crippen molar-refractivity contribution in [2.24, 2.45) is 0 Å². The molecule has 1 aromatic heterocycles. The molecule has 1 aliphatic rings. The van der Waals surface area contributed by atoms with Gasteiger partial charge in [0.25, 0.3) is 0 Å². The Hall–Kier alpha value is -1.80. The molecular formula is C18H22BF3N2O2. The van der Waals surface area contributed by atoms with Gasteiger partial charge in [-0.15, -0.1) is 0 Å². The lowest BCUT2D eigenvalue weighted by Crippen LogP contribution is -2.41. The summed E-state index contributed by atoms with van der Waals surface area (Å²) in [6.07, 6.45) is -0.979. The zero-order chi connectivity index (χ0) is 19.3. The van der Waals surface area contributed by atoms with E-state index in [9.17, 15) is 13.2 Å². The zero-order valence-electron chi connectivity index (χ0n) is 15.5. The topological polar surface area (TPSA) is 36.3 Å². The number of nitrogens with zero attached hydrogens (tertiary/aromatic N) is 2. The summed E-state index contributed by atoms with van der Waals surface area (Å²) in [5, 5.41) is 4.30. The fourth-order valence-corrected chi connectivity index (χ4v) is 2.79. The first-order chi connectivity index (χ1) is 11.9. The second kappa shape index (κ2) is 6.13. The van der Waals surface area contributed by atoms with E-state index in [0.29, 0.717) is 5.56 Å². The van der Waals surface area contributed by atoms with Gasteiger partial charge in [0.15, 0.2) is 0 Å². The summed E-state index contributed by atoms with van der Waals surface area (Å²) >= 11 is 0. The van der Waals surface area contributed by atoms with E-state index in [0.717, 1.165) is 17.6 Å². The van der Waals surface area contributed by atoms with E-state index in [-0.39, 0.29) is 6.04 Å². The van der Waals surface area contributed by atoms with E-state index < -0.39 is 30.1 Å². The molecule has 0 N–H and O–H groups in total. The molecule has 140 valence electrons. The highest BCUT2D eigenvalue weighted by molar-refractivity contribution is 6.62. The molecule has 0 saturated carbocycles. The third-order valence-electron chi connectivity index (χ3n) is 5.24. The van der Waals surface area contributed by atoms with Crippen molar-refractivity contribution in [1.29, 1.82) is 0 Å². The van der Waals surface area contributed by atoms with Crippen molar-refractivity contribution in [3.63, 3.8) is 0 Å². The second-order valence-electron chi connectivity index (χ2n) is 7.64. The van der Waals surface area contributed by atoms with Gasteiger partial charge in [0.2, 0.25) is 0 Å². The Kier molecular flexibility index (Phi) is 4.47. The first kappa shape index (κ1) is 19.0. The number of halogens is 3. The number of rotatable bonds is 3. The second-order valence-corrected chi connectivity index (χ2v) is 7.64. The van der Waals surface area contributed by atoms with Crippen LogP contribution in [0.25, 0.3) is 0 Å². The van der Waals surface area contributed by atoms with Crippen LogP contribution in [0.1, 0.15) is 51.8 Å². The van der Waals surface area contributed by atoms with Crippen molar-refractivity contribution in [2.75, 3.05) is 0 Å². The minimum absolute atomic E-state index is 0.353. The summed E-state index contributed by atoms with van der Waals surface area (Å²) in [6.45, 7) is 9.65. The number of hydrogen-bond donors (Lipinski definition) is 0. The van der Waals surface area contributed by atoms with Gasteiger partial charge < -0.3 is 9.31 Å². The van der Waals surface area contributed by atoms with Crippen LogP contribution in [0.2, 0.25) is 0 Å². The van der Waals surface area contributed by atoms with Gasteiger partial charge in [0.05, 0.1) is 22.8 Å². The van der Waals surface area contributed by atoms with Crippen LogP contribution in [0.15, 0.2) is 36.7 Å². The third-order valence-corrected chi connectivity index (χ3v) is 5.24. The summed E-state index contributed by atoms with van der Waals surface area (Å²) in [5.41, 5.74) is -0.329. The summed E-state index contributed by atoms with van der Waals surface area (Å²) in [4.78, 5) is 0. The smallest absolute Gasteiger partial charge is 0.399 e. The highest BCUT2D eigenvalue weighted by Gasteiger charge is 2.52. The van der Waals surface area contributed by atoms with Crippen LogP contribution in [-0.4, -0.2) is 28.1 Å². The van der Waals surface area contributed by atoms with E-state index >= 15 is 0 Å². The van der Waals surface area contributed by atoms with E-state index in [2.05, 4.69) is 5.10 Å². The molecule has 1 atom stereocenters. The largest absolute Gasteiger partial charge is 0.498 e. The summed E-state index contributed by atoms with van der Waals surface area (Å²) in [5.74, 6) is 0. The molecule has 3 rings (SSSR count). The first-order valence-electron chi connectivity index (χ1n) is 8.47. The minimum atomic E-state index is -4.37. The van der Waals surface area contributed by atoms with Crippen molar-refractivity contribution in [2.45, 2.75) is 58.0 Å². The monoisotopic (exact) mass is 366 g/mol. The lowest BCUT2D eigenvalue weighted by Gasteiger charge is -2.32. The Bertz CT molecular complexity index is 786. The Morgan fingerprint density at radius 2 is 1.73 bits per heavy atom. The summed E-state index contributed by atoms with van der Waals surface area (Å²) < 4.78 is 52.4. The van der Waals surface area contributed by atoms with Crippen molar-refractivity contribution >= 4 is 12.6 Å². The molecule has 1 aliphatic heterocycles. The zero-order valence-corrected chi connectivity index (χ0v) is 15.5. The van der Waals surface area contributed by atoms with Gasteiger partial charge >= 0.3 is 13.3 Å². The maximum atomic E-state index is 12.9. The van der Waals surface area contributed by atoms with Crippen molar-refractivity contribution < 1.29 is 22.5 Å². The SMILES string of the molecule is C[C@H](c1cccc(C(F)(F)F)c1)n1cc(B2OC(C)(C)C(C)(C)O2)cn1. The highest BCUT2D eigenvalue weighted by atomic mass is 19.4. The van der Waals surface area contributed by atoms with Crippen LogP contribution in [0.4, 0.5) is 13.2 Å². The quantitative estimate of drug-likeness (QED) is 0.776. The lowest BCUT2D eigenvalue weighted by molar-refractivity contribution is -0.137. The molecule has 1 fully saturated rings. The first-order valence-corrected chi connectivity index (χ1v) is 8.47. The fourth-order valence-electron chi connectivity index (χ4n) is 2.79. The molecular weight excluding hydrogens is 344 g/mol. The number of aromatic nitrogens is 2. The van der Waals surface area contributed by atoms with Gasteiger partial charge in [-0.05, 0) is 52.3 Å². The molecule has 1 saturated heterocycles. The van der Waals surface area contributed by atoms with Crippen molar-refractivity contribution in [3.05, 3.63) is 47.8 Å². The predicted molar refractivity (Wildman–Crippen MR) is 93.2 cm³/mol. The Morgan fingerprint density at radius 1 is 1.12 bits per heavy atom. The van der Waals surface area contributed by atoms with Gasteiger partial charge in [0, 0.05) is 17.9 Å². The van der Waals surface area contributed by atoms with Gasteiger partial charge in [-0.2, -0.15) is 18.3 Å². The molecule has 0 unspecified atom stereocenters. The molecule has 2 aromatic rings. The highest BCUT2D eigenvalue weighted by Crippen LogP contribution is 2.36. The lowest BCUT2D eigenvalue weighted by atomic mass is 9.82. The third kappa shape index (κ3) is 3.40. The van der Waals surface area contributed by atoms with Crippen molar-refractivity contribution in [3.8, 4) is 0 Å². The Balaban J connectivity index is 1.83.